The van der Waals surface area contributed by atoms with Crippen LogP contribution in [-0.4, -0.2) is 31.7 Å². The summed E-state index contributed by atoms with van der Waals surface area (Å²) in [6.07, 6.45) is 2.80. The molecule has 1 fully saturated rings. The molecule has 2 aromatic rings. The number of hydrogen-bond donors (Lipinski definition) is 1. The van der Waals surface area contributed by atoms with Crippen LogP contribution in [0.1, 0.15) is 24.2 Å². The molecule has 1 saturated heterocycles. The third-order valence-electron chi connectivity index (χ3n) is 4.55. The monoisotopic (exact) mass is 430 g/mol. The number of furan rings is 1. The highest BCUT2D eigenvalue weighted by atomic mass is 35.5. The smallest absolute Gasteiger partial charge is 0.224 e. The highest BCUT2D eigenvalue weighted by Crippen LogP contribution is 2.29. The van der Waals surface area contributed by atoms with Gasteiger partial charge in [0.1, 0.15) is 5.76 Å². The van der Waals surface area contributed by atoms with Gasteiger partial charge in [-0.1, -0.05) is 29.3 Å². The third-order valence-corrected chi connectivity index (χ3v) is 7.03. The van der Waals surface area contributed by atoms with Gasteiger partial charge in [-0.2, -0.15) is 0 Å². The van der Waals surface area contributed by atoms with Crippen LogP contribution >= 0.6 is 23.2 Å². The molecule has 3 rings (SSSR count). The molecule has 1 N–H and O–H groups in total. The fraction of sp³-hybridized carbons (Fsp3) is 0.389. The summed E-state index contributed by atoms with van der Waals surface area (Å²) >= 11 is 12.2. The number of nitrogens with one attached hydrogen (secondary N) is 1. The van der Waals surface area contributed by atoms with Crippen LogP contribution < -0.4 is 5.32 Å². The summed E-state index contributed by atoms with van der Waals surface area (Å²) in [5, 5.41) is 3.43. The second-order valence-corrected chi connectivity index (χ2v) is 9.23. The van der Waals surface area contributed by atoms with Gasteiger partial charge in [0.2, 0.25) is 15.9 Å². The van der Waals surface area contributed by atoms with Crippen molar-refractivity contribution in [2.45, 2.75) is 25.1 Å². The number of carbonyl (C=O) groups excluding carboxylic acids is 1. The molecule has 1 atom stereocenters. The Kier molecular flexibility index (Phi) is 6.47. The Labute approximate surface area is 168 Å². The van der Waals surface area contributed by atoms with Gasteiger partial charge < -0.3 is 9.73 Å². The van der Waals surface area contributed by atoms with Gasteiger partial charge in [-0.15, -0.1) is 0 Å². The Morgan fingerprint density at radius 2 is 1.96 bits per heavy atom. The van der Waals surface area contributed by atoms with Crippen molar-refractivity contribution < 1.29 is 17.6 Å². The molecular formula is C18H20Cl2N2O4S. The van der Waals surface area contributed by atoms with Gasteiger partial charge >= 0.3 is 0 Å². The number of benzene rings is 1. The molecule has 2 heterocycles. The molecule has 1 aromatic carbocycles. The van der Waals surface area contributed by atoms with E-state index in [1.165, 1.54) is 10.6 Å². The van der Waals surface area contributed by atoms with Gasteiger partial charge in [0.15, 0.2) is 0 Å². The molecule has 6 nitrogen and oxygen atoms in total. The van der Waals surface area contributed by atoms with Gasteiger partial charge in [-0.05, 0) is 37.1 Å². The first kappa shape index (κ1) is 20.2. The lowest BCUT2D eigenvalue weighted by atomic mass is 9.99. The highest BCUT2D eigenvalue weighted by Gasteiger charge is 2.33. The van der Waals surface area contributed by atoms with Crippen molar-refractivity contribution in [2.24, 2.45) is 5.92 Å². The standard InChI is InChI=1S/C18H20Cl2N2O4S/c19-16-6-1-7-17(20)15(16)12-27(24,25)22-8-2-4-13(11-22)18(23)21-10-14-5-3-9-26-14/h1,3,5-7,9,13H,2,4,8,10-12H2,(H,21,23)/t13-/m1/s1. The van der Waals surface area contributed by atoms with Crippen LogP contribution in [0.15, 0.2) is 41.0 Å². The van der Waals surface area contributed by atoms with Crippen molar-refractivity contribution in [3.63, 3.8) is 0 Å². The first-order chi connectivity index (χ1) is 12.9. The SMILES string of the molecule is O=C(NCc1ccco1)[C@@H]1CCCN(S(=O)(=O)Cc2c(Cl)cccc2Cl)C1. The first-order valence-electron chi connectivity index (χ1n) is 8.57. The molecule has 0 aliphatic carbocycles. The van der Waals surface area contributed by atoms with Crippen LogP contribution in [0.4, 0.5) is 0 Å². The number of halogens is 2. The zero-order valence-corrected chi connectivity index (χ0v) is 16.9. The topological polar surface area (TPSA) is 79.6 Å². The van der Waals surface area contributed by atoms with Crippen LogP contribution in [0.3, 0.4) is 0 Å². The highest BCUT2D eigenvalue weighted by molar-refractivity contribution is 7.88. The Morgan fingerprint density at radius 3 is 2.63 bits per heavy atom. The minimum Gasteiger partial charge on any atom is -0.467 e. The van der Waals surface area contributed by atoms with Gasteiger partial charge in [-0.25, -0.2) is 12.7 Å². The minimum atomic E-state index is -3.64. The molecule has 146 valence electrons. The van der Waals surface area contributed by atoms with Crippen molar-refractivity contribution in [1.29, 1.82) is 0 Å². The number of hydrogen-bond acceptors (Lipinski definition) is 4. The average Bonchev–Trinajstić information content (AvgIpc) is 3.17. The molecule has 0 spiro atoms. The van der Waals surface area contributed by atoms with E-state index in [1.54, 1.807) is 30.3 Å². The van der Waals surface area contributed by atoms with E-state index in [2.05, 4.69) is 5.32 Å². The van der Waals surface area contributed by atoms with Crippen LogP contribution in [0.25, 0.3) is 0 Å². The van der Waals surface area contributed by atoms with Crippen molar-refractivity contribution in [3.8, 4) is 0 Å². The number of amides is 1. The quantitative estimate of drug-likeness (QED) is 0.760. The van der Waals surface area contributed by atoms with Crippen LogP contribution in [0.5, 0.6) is 0 Å². The number of carbonyl (C=O) groups is 1. The first-order valence-corrected chi connectivity index (χ1v) is 10.9. The van der Waals surface area contributed by atoms with E-state index >= 15 is 0 Å². The lowest BCUT2D eigenvalue weighted by Crippen LogP contribution is -2.45. The summed E-state index contributed by atoms with van der Waals surface area (Å²) in [6, 6.07) is 8.40. The van der Waals surface area contributed by atoms with Gasteiger partial charge in [-0.3, -0.25) is 4.79 Å². The maximum atomic E-state index is 12.8. The number of piperidine rings is 1. The molecule has 1 aromatic heterocycles. The normalized spacial score (nSPS) is 18.4. The Balaban J connectivity index is 1.64. The second kappa shape index (κ2) is 8.65. The van der Waals surface area contributed by atoms with Crippen LogP contribution in [-0.2, 0) is 27.1 Å². The molecule has 27 heavy (non-hydrogen) atoms. The molecule has 0 radical (unpaired) electrons. The fourth-order valence-electron chi connectivity index (χ4n) is 3.08. The van der Waals surface area contributed by atoms with Gasteiger partial charge in [0.05, 0.1) is 24.5 Å². The van der Waals surface area contributed by atoms with Crippen molar-refractivity contribution in [2.75, 3.05) is 13.1 Å². The lowest BCUT2D eigenvalue weighted by Gasteiger charge is -2.31. The summed E-state index contributed by atoms with van der Waals surface area (Å²) < 4.78 is 32.2. The summed E-state index contributed by atoms with van der Waals surface area (Å²) in [4.78, 5) is 12.4. The van der Waals surface area contributed by atoms with E-state index in [1.807, 2.05) is 0 Å². The number of nitrogens with zero attached hydrogens (tertiary/aromatic N) is 1. The van der Waals surface area contributed by atoms with E-state index in [9.17, 15) is 13.2 Å². The Bertz CT molecular complexity index is 880. The molecule has 0 unspecified atom stereocenters. The molecule has 1 amide bonds. The van der Waals surface area contributed by atoms with E-state index in [0.29, 0.717) is 40.8 Å². The second-order valence-electron chi connectivity index (χ2n) is 6.45. The summed E-state index contributed by atoms with van der Waals surface area (Å²) in [7, 11) is -3.64. The van der Waals surface area contributed by atoms with Gasteiger partial charge in [0.25, 0.3) is 0 Å². The summed E-state index contributed by atoms with van der Waals surface area (Å²) in [6.45, 7) is 0.811. The van der Waals surface area contributed by atoms with E-state index in [4.69, 9.17) is 27.6 Å². The van der Waals surface area contributed by atoms with Crippen LogP contribution in [0.2, 0.25) is 10.0 Å². The van der Waals surface area contributed by atoms with Crippen molar-refractivity contribution in [3.05, 3.63) is 58.0 Å². The predicted octanol–water partition coefficient (Wildman–Crippen LogP) is 3.44. The Morgan fingerprint density at radius 1 is 1.22 bits per heavy atom. The number of sulfonamides is 1. The minimum absolute atomic E-state index is 0.147. The zero-order valence-electron chi connectivity index (χ0n) is 14.5. The van der Waals surface area contributed by atoms with E-state index < -0.39 is 15.9 Å². The van der Waals surface area contributed by atoms with Crippen molar-refractivity contribution in [1.82, 2.24) is 9.62 Å². The predicted molar refractivity (Wildman–Crippen MR) is 104 cm³/mol. The molecule has 1 aliphatic rings. The maximum absolute atomic E-state index is 12.8. The van der Waals surface area contributed by atoms with E-state index in [-0.39, 0.29) is 24.7 Å². The van der Waals surface area contributed by atoms with E-state index in [0.717, 1.165) is 0 Å². The maximum Gasteiger partial charge on any atom is 0.224 e. The molecule has 0 saturated carbocycles. The summed E-state index contributed by atoms with van der Waals surface area (Å²) in [5.74, 6) is -0.212. The van der Waals surface area contributed by atoms with Crippen molar-refractivity contribution >= 4 is 39.1 Å². The Hall–Kier alpha value is -1.54. The fourth-order valence-corrected chi connectivity index (χ4v) is 5.45. The van der Waals surface area contributed by atoms with Crippen LogP contribution in [0, 0.1) is 5.92 Å². The van der Waals surface area contributed by atoms with Gasteiger partial charge in [0, 0.05) is 28.7 Å². The lowest BCUT2D eigenvalue weighted by molar-refractivity contribution is -0.126. The largest absolute Gasteiger partial charge is 0.467 e. The zero-order chi connectivity index (χ0) is 19.4. The summed E-state index contributed by atoms with van der Waals surface area (Å²) in [5.41, 5.74) is 0.380. The number of rotatable bonds is 6. The molecule has 1 aliphatic heterocycles. The third kappa shape index (κ3) is 5.04. The molecular weight excluding hydrogens is 411 g/mol. The average molecular weight is 431 g/mol. The molecule has 0 bridgehead atoms. The molecule has 9 heteroatoms.